The Morgan fingerprint density at radius 2 is 1.46 bits per heavy atom. The number of benzene rings is 1. The van der Waals surface area contributed by atoms with Crippen molar-refractivity contribution in [2.24, 2.45) is 0 Å². The molecule has 0 unspecified atom stereocenters. The summed E-state index contributed by atoms with van der Waals surface area (Å²) in [6.07, 6.45) is 6.73. The van der Waals surface area contributed by atoms with Crippen LogP contribution in [0.2, 0.25) is 0 Å². The molecule has 28 heavy (non-hydrogen) atoms. The van der Waals surface area contributed by atoms with Crippen LogP contribution in [0.25, 0.3) is 0 Å². The predicted octanol–water partition coefficient (Wildman–Crippen LogP) is 2.44. The molecule has 1 aromatic heterocycles. The van der Waals surface area contributed by atoms with Crippen LogP contribution in [0.15, 0.2) is 36.7 Å². The number of piperazine rings is 1. The molecule has 0 bridgehead atoms. The lowest BCUT2D eigenvalue weighted by atomic mass is 10.1. The van der Waals surface area contributed by atoms with Gasteiger partial charge in [-0.3, -0.25) is 4.79 Å². The smallest absolute Gasteiger partial charge is 0.256 e. The fraction of sp³-hybridized carbons (Fsp3) is 0.476. The molecule has 0 saturated carbocycles. The second-order valence-electron chi connectivity index (χ2n) is 7.30. The number of aromatic nitrogens is 2. The van der Waals surface area contributed by atoms with Crippen LogP contribution >= 0.6 is 0 Å². The van der Waals surface area contributed by atoms with Crippen LogP contribution in [0.3, 0.4) is 0 Å². The lowest BCUT2D eigenvalue weighted by Gasteiger charge is -2.36. The zero-order valence-electron chi connectivity index (χ0n) is 16.4. The Morgan fingerprint density at radius 3 is 2.07 bits per heavy atom. The van der Waals surface area contributed by atoms with Crippen molar-refractivity contribution in [3.05, 3.63) is 42.2 Å². The molecule has 4 rings (SSSR count). The van der Waals surface area contributed by atoms with Crippen LogP contribution in [0.4, 0.5) is 11.6 Å². The van der Waals surface area contributed by atoms with Crippen LogP contribution in [0.5, 0.6) is 5.75 Å². The third-order valence-corrected chi connectivity index (χ3v) is 5.53. The maximum Gasteiger partial charge on any atom is 0.256 e. The molecule has 3 heterocycles. The van der Waals surface area contributed by atoms with Gasteiger partial charge >= 0.3 is 0 Å². The maximum absolute atomic E-state index is 12.5. The van der Waals surface area contributed by atoms with Crippen molar-refractivity contribution in [2.75, 3.05) is 56.2 Å². The molecule has 7 heteroatoms. The quantitative estimate of drug-likeness (QED) is 0.811. The number of methoxy groups -OCH3 is 1. The van der Waals surface area contributed by atoms with Crippen molar-refractivity contribution in [3.63, 3.8) is 0 Å². The Balaban J connectivity index is 1.34. The van der Waals surface area contributed by atoms with E-state index in [1.54, 1.807) is 19.5 Å². The first kappa shape index (κ1) is 18.5. The van der Waals surface area contributed by atoms with Crippen molar-refractivity contribution in [2.45, 2.75) is 19.3 Å². The molecule has 2 saturated heterocycles. The van der Waals surface area contributed by atoms with E-state index >= 15 is 0 Å². The maximum atomic E-state index is 12.5. The van der Waals surface area contributed by atoms with Gasteiger partial charge in [0.25, 0.3) is 5.91 Å². The van der Waals surface area contributed by atoms with Gasteiger partial charge in [0.1, 0.15) is 5.75 Å². The van der Waals surface area contributed by atoms with Crippen LogP contribution in [-0.4, -0.2) is 67.2 Å². The van der Waals surface area contributed by atoms with E-state index in [0.29, 0.717) is 11.5 Å². The summed E-state index contributed by atoms with van der Waals surface area (Å²) in [6.45, 7) is 5.20. The fourth-order valence-electron chi connectivity index (χ4n) is 3.83. The van der Waals surface area contributed by atoms with E-state index in [2.05, 4.69) is 31.9 Å². The van der Waals surface area contributed by atoms with Gasteiger partial charge in [-0.05, 0) is 43.5 Å². The fourth-order valence-corrected chi connectivity index (χ4v) is 3.83. The van der Waals surface area contributed by atoms with Crippen molar-refractivity contribution >= 4 is 17.5 Å². The Kier molecular flexibility index (Phi) is 5.60. The summed E-state index contributed by atoms with van der Waals surface area (Å²) in [5.74, 6) is 1.62. The SMILES string of the molecule is COc1ccc(N2CCN(c3ncc(C(=O)N4CCCCC4)cn3)CC2)cc1. The van der Waals surface area contributed by atoms with E-state index in [9.17, 15) is 4.79 Å². The molecule has 2 aliphatic heterocycles. The van der Waals surface area contributed by atoms with E-state index in [1.165, 1.54) is 12.1 Å². The molecule has 0 spiro atoms. The summed E-state index contributed by atoms with van der Waals surface area (Å²) in [4.78, 5) is 27.9. The highest BCUT2D eigenvalue weighted by Gasteiger charge is 2.22. The molecule has 1 amide bonds. The molecule has 0 atom stereocenters. The van der Waals surface area contributed by atoms with E-state index < -0.39 is 0 Å². The van der Waals surface area contributed by atoms with Gasteiger partial charge in [-0.25, -0.2) is 9.97 Å². The minimum atomic E-state index is 0.0515. The summed E-state index contributed by atoms with van der Waals surface area (Å²) in [7, 11) is 1.68. The van der Waals surface area contributed by atoms with Crippen LogP contribution in [-0.2, 0) is 0 Å². The van der Waals surface area contributed by atoms with E-state index in [4.69, 9.17) is 4.74 Å². The molecule has 0 aliphatic carbocycles. The van der Waals surface area contributed by atoms with Crippen LogP contribution < -0.4 is 14.5 Å². The number of likely N-dealkylation sites (tertiary alicyclic amines) is 1. The number of amides is 1. The molecule has 2 fully saturated rings. The molecule has 7 nitrogen and oxygen atoms in total. The summed E-state index contributed by atoms with van der Waals surface area (Å²) in [6, 6.07) is 8.16. The van der Waals surface area contributed by atoms with Gasteiger partial charge in [0.2, 0.25) is 5.95 Å². The normalized spacial score (nSPS) is 17.5. The Morgan fingerprint density at radius 1 is 0.857 bits per heavy atom. The Hall–Kier alpha value is -2.83. The first-order valence-electron chi connectivity index (χ1n) is 10.00. The van der Waals surface area contributed by atoms with Crippen LogP contribution in [0.1, 0.15) is 29.6 Å². The lowest BCUT2D eigenvalue weighted by Crippen LogP contribution is -2.47. The number of nitrogens with zero attached hydrogens (tertiary/aromatic N) is 5. The molecular formula is C21H27N5O2. The van der Waals surface area contributed by atoms with Crippen LogP contribution in [0, 0.1) is 0 Å². The standard InChI is InChI=1S/C21H27N5O2/c1-28-19-7-5-18(6-8-19)24-11-13-26(14-12-24)21-22-15-17(16-23-21)20(27)25-9-3-2-4-10-25/h5-8,15-16H,2-4,9-14H2,1H3. The minimum absolute atomic E-state index is 0.0515. The van der Waals surface area contributed by atoms with Gasteiger partial charge in [0, 0.05) is 57.3 Å². The molecule has 148 valence electrons. The number of anilines is 2. The summed E-state index contributed by atoms with van der Waals surface area (Å²) < 4.78 is 5.23. The lowest BCUT2D eigenvalue weighted by molar-refractivity contribution is 0.0723. The second kappa shape index (κ2) is 8.46. The largest absolute Gasteiger partial charge is 0.497 e. The van der Waals surface area contributed by atoms with E-state index in [0.717, 1.165) is 57.9 Å². The number of hydrogen-bond donors (Lipinski definition) is 0. The summed E-state index contributed by atoms with van der Waals surface area (Å²) in [5.41, 5.74) is 1.78. The third-order valence-electron chi connectivity index (χ3n) is 5.53. The Labute approximate surface area is 165 Å². The van der Waals surface area contributed by atoms with E-state index in [1.807, 2.05) is 17.0 Å². The van der Waals surface area contributed by atoms with Crippen molar-refractivity contribution in [3.8, 4) is 5.75 Å². The highest BCUT2D eigenvalue weighted by Crippen LogP contribution is 2.21. The number of ether oxygens (including phenoxy) is 1. The van der Waals surface area contributed by atoms with Crippen molar-refractivity contribution < 1.29 is 9.53 Å². The zero-order chi connectivity index (χ0) is 19.3. The molecular weight excluding hydrogens is 354 g/mol. The molecule has 1 aromatic carbocycles. The Bertz CT molecular complexity index is 779. The molecule has 2 aliphatic rings. The second-order valence-corrected chi connectivity index (χ2v) is 7.30. The molecule has 0 radical (unpaired) electrons. The number of hydrogen-bond acceptors (Lipinski definition) is 6. The number of carbonyl (C=O) groups excluding carboxylic acids is 1. The number of piperidine rings is 1. The molecule has 0 N–H and O–H groups in total. The van der Waals surface area contributed by atoms with Crippen molar-refractivity contribution in [1.29, 1.82) is 0 Å². The van der Waals surface area contributed by atoms with Gasteiger partial charge in [0.15, 0.2) is 0 Å². The topological polar surface area (TPSA) is 61.8 Å². The van der Waals surface area contributed by atoms with Gasteiger partial charge in [-0.1, -0.05) is 0 Å². The minimum Gasteiger partial charge on any atom is -0.497 e. The van der Waals surface area contributed by atoms with Gasteiger partial charge in [0.05, 0.1) is 12.7 Å². The monoisotopic (exact) mass is 381 g/mol. The number of carbonyl (C=O) groups is 1. The van der Waals surface area contributed by atoms with Gasteiger partial charge in [-0.15, -0.1) is 0 Å². The number of rotatable bonds is 4. The first-order chi connectivity index (χ1) is 13.7. The van der Waals surface area contributed by atoms with Crippen molar-refractivity contribution in [1.82, 2.24) is 14.9 Å². The van der Waals surface area contributed by atoms with Gasteiger partial charge < -0.3 is 19.4 Å². The van der Waals surface area contributed by atoms with E-state index in [-0.39, 0.29) is 5.91 Å². The summed E-state index contributed by atoms with van der Waals surface area (Å²) >= 11 is 0. The molecule has 2 aromatic rings. The highest BCUT2D eigenvalue weighted by atomic mass is 16.5. The first-order valence-corrected chi connectivity index (χ1v) is 10.00. The van der Waals surface area contributed by atoms with Gasteiger partial charge in [-0.2, -0.15) is 0 Å². The average molecular weight is 381 g/mol. The third kappa shape index (κ3) is 4.03. The highest BCUT2D eigenvalue weighted by molar-refractivity contribution is 5.93. The average Bonchev–Trinajstić information content (AvgIpc) is 2.79. The zero-order valence-corrected chi connectivity index (χ0v) is 16.4. The summed E-state index contributed by atoms with van der Waals surface area (Å²) in [5, 5.41) is 0. The predicted molar refractivity (Wildman–Crippen MR) is 109 cm³/mol.